The van der Waals surface area contributed by atoms with Crippen molar-refractivity contribution in [2.75, 3.05) is 31.5 Å². The number of thiocarbonyl (C=S) groups is 1. The summed E-state index contributed by atoms with van der Waals surface area (Å²) in [6.07, 6.45) is 0. The summed E-state index contributed by atoms with van der Waals surface area (Å²) in [5, 5.41) is 4.66. The number of anilines is 1. The van der Waals surface area contributed by atoms with Crippen LogP contribution in [0.25, 0.3) is 0 Å². The number of quaternary nitrogens is 1. The van der Waals surface area contributed by atoms with Crippen LogP contribution in [0.4, 0.5) is 10.1 Å². The maximum absolute atomic E-state index is 13.1. The van der Waals surface area contributed by atoms with Crippen molar-refractivity contribution in [3.05, 3.63) is 101 Å². The summed E-state index contributed by atoms with van der Waals surface area (Å²) < 4.78 is 13.1. The lowest BCUT2D eigenvalue weighted by molar-refractivity contribution is -0.929. The van der Waals surface area contributed by atoms with Gasteiger partial charge >= 0.3 is 0 Å². The van der Waals surface area contributed by atoms with Crippen molar-refractivity contribution >= 4 is 34.6 Å². The van der Waals surface area contributed by atoms with E-state index in [-0.39, 0.29) is 11.9 Å². The molecule has 0 bridgehead atoms. The molecule has 1 aliphatic rings. The zero-order valence-electron chi connectivity index (χ0n) is 16.5. The van der Waals surface area contributed by atoms with Crippen molar-refractivity contribution in [2.45, 2.75) is 6.04 Å². The minimum Gasteiger partial charge on any atom is -0.338 e. The van der Waals surface area contributed by atoms with Gasteiger partial charge in [0.1, 0.15) is 11.9 Å². The largest absolute Gasteiger partial charge is 0.338 e. The van der Waals surface area contributed by atoms with Gasteiger partial charge < -0.3 is 15.1 Å². The summed E-state index contributed by atoms with van der Waals surface area (Å²) in [7, 11) is 0. The van der Waals surface area contributed by atoms with Gasteiger partial charge in [0.25, 0.3) is 0 Å². The van der Waals surface area contributed by atoms with Gasteiger partial charge in [-0.1, -0.05) is 54.1 Å². The third kappa shape index (κ3) is 4.98. The Bertz CT molecular complexity index is 972. The van der Waals surface area contributed by atoms with Gasteiger partial charge in [-0.05, 0) is 48.6 Å². The highest BCUT2D eigenvalue weighted by Gasteiger charge is 2.30. The fourth-order valence-electron chi connectivity index (χ4n) is 3.99. The lowest BCUT2D eigenvalue weighted by Crippen LogP contribution is -3.15. The van der Waals surface area contributed by atoms with Crippen LogP contribution in [0, 0.1) is 5.82 Å². The Morgan fingerprint density at radius 1 is 0.900 bits per heavy atom. The molecule has 3 aromatic carbocycles. The van der Waals surface area contributed by atoms with E-state index in [4.69, 9.17) is 23.8 Å². The second kappa shape index (κ2) is 9.56. The lowest BCUT2D eigenvalue weighted by atomic mass is 9.96. The van der Waals surface area contributed by atoms with Crippen molar-refractivity contribution in [3.63, 3.8) is 0 Å². The van der Waals surface area contributed by atoms with Crippen molar-refractivity contribution in [1.29, 1.82) is 0 Å². The summed E-state index contributed by atoms with van der Waals surface area (Å²) in [6.45, 7) is 3.65. The second-order valence-electron chi connectivity index (χ2n) is 7.48. The van der Waals surface area contributed by atoms with Crippen LogP contribution in [0.2, 0.25) is 5.02 Å². The molecular formula is C24H24ClFN3S+. The first-order chi connectivity index (χ1) is 14.6. The molecule has 30 heavy (non-hydrogen) atoms. The highest BCUT2D eigenvalue weighted by Crippen LogP contribution is 2.21. The Kier molecular flexibility index (Phi) is 6.62. The first kappa shape index (κ1) is 20.8. The number of piperazine rings is 1. The van der Waals surface area contributed by atoms with Crippen molar-refractivity contribution < 1.29 is 9.29 Å². The smallest absolute Gasteiger partial charge is 0.173 e. The average molecular weight is 441 g/mol. The van der Waals surface area contributed by atoms with Crippen LogP contribution >= 0.6 is 23.8 Å². The van der Waals surface area contributed by atoms with Crippen LogP contribution in [0.5, 0.6) is 0 Å². The molecule has 1 atom stereocenters. The molecule has 1 saturated heterocycles. The molecule has 3 aromatic rings. The van der Waals surface area contributed by atoms with Crippen LogP contribution in [-0.2, 0) is 0 Å². The standard InChI is InChI=1S/C24H23ClFN3S/c25-20-8-6-19(7-9-20)23(18-4-2-1-3-5-18)28-14-16-29(17-15-28)24(30)27-22-12-10-21(26)11-13-22/h1-13,23H,14-17H2,(H,27,30)/p+1/t23-/m0/s1. The molecule has 0 aliphatic carbocycles. The average Bonchev–Trinajstić information content (AvgIpc) is 2.78. The molecule has 1 aliphatic heterocycles. The van der Waals surface area contributed by atoms with Crippen LogP contribution in [0.15, 0.2) is 78.9 Å². The van der Waals surface area contributed by atoms with E-state index in [1.54, 1.807) is 12.1 Å². The fourth-order valence-corrected chi connectivity index (χ4v) is 4.41. The van der Waals surface area contributed by atoms with Gasteiger partial charge in [0.15, 0.2) is 5.11 Å². The maximum atomic E-state index is 13.1. The number of rotatable bonds is 4. The number of hydrogen-bond donors (Lipinski definition) is 2. The minimum absolute atomic E-state index is 0.252. The summed E-state index contributed by atoms with van der Waals surface area (Å²) in [6, 6.07) is 25.3. The molecule has 0 spiro atoms. The number of hydrogen-bond acceptors (Lipinski definition) is 1. The first-order valence-corrected chi connectivity index (χ1v) is 10.9. The molecule has 0 saturated carbocycles. The second-order valence-corrected chi connectivity index (χ2v) is 8.30. The van der Waals surface area contributed by atoms with Gasteiger partial charge in [-0.15, -0.1) is 0 Å². The normalized spacial score (nSPS) is 15.6. The molecule has 1 fully saturated rings. The summed E-state index contributed by atoms with van der Waals surface area (Å²) in [5.74, 6) is -0.252. The third-order valence-electron chi connectivity index (χ3n) is 5.53. The molecule has 0 unspecified atom stereocenters. The molecule has 6 heteroatoms. The summed E-state index contributed by atoms with van der Waals surface area (Å²) in [4.78, 5) is 3.69. The molecular weight excluding hydrogens is 417 g/mol. The number of nitrogens with zero attached hydrogens (tertiary/aromatic N) is 1. The number of nitrogens with one attached hydrogen (secondary N) is 2. The van der Waals surface area contributed by atoms with Crippen LogP contribution in [0.1, 0.15) is 17.2 Å². The molecule has 4 rings (SSSR count). The predicted octanol–water partition coefficient (Wildman–Crippen LogP) is 4.17. The van der Waals surface area contributed by atoms with Gasteiger partial charge in [-0.3, -0.25) is 0 Å². The van der Waals surface area contributed by atoms with E-state index in [0.29, 0.717) is 5.11 Å². The van der Waals surface area contributed by atoms with Crippen molar-refractivity contribution in [2.24, 2.45) is 0 Å². The van der Waals surface area contributed by atoms with E-state index in [0.717, 1.165) is 36.9 Å². The molecule has 2 N–H and O–H groups in total. The van der Waals surface area contributed by atoms with E-state index in [2.05, 4.69) is 52.7 Å². The van der Waals surface area contributed by atoms with Crippen molar-refractivity contribution in [3.8, 4) is 0 Å². The predicted molar refractivity (Wildman–Crippen MR) is 125 cm³/mol. The van der Waals surface area contributed by atoms with Crippen LogP contribution in [-0.4, -0.2) is 36.2 Å². The zero-order valence-corrected chi connectivity index (χ0v) is 18.1. The molecule has 0 amide bonds. The SMILES string of the molecule is Fc1ccc(NC(=S)N2CC[NH+]([C@@H](c3ccccc3)c3ccc(Cl)cc3)CC2)cc1. The van der Waals surface area contributed by atoms with E-state index in [1.807, 2.05) is 12.1 Å². The zero-order chi connectivity index (χ0) is 20.9. The molecule has 154 valence electrons. The molecule has 0 aromatic heterocycles. The quantitative estimate of drug-likeness (QED) is 0.594. The monoisotopic (exact) mass is 440 g/mol. The van der Waals surface area contributed by atoms with E-state index < -0.39 is 0 Å². The molecule has 1 heterocycles. The number of benzene rings is 3. The van der Waals surface area contributed by atoms with Gasteiger partial charge in [-0.25, -0.2) is 4.39 Å². The van der Waals surface area contributed by atoms with Gasteiger partial charge in [0.2, 0.25) is 0 Å². The first-order valence-electron chi connectivity index (χ1n) is 10.1. The minimum atomic E-state index is -0.252. The van der Waals surface area contributed by atoms with Gasteiger partial charge in [0, 0.05) is 21.8 Å². The van der Waals surface area contributed by atoms with E-state index in [9.17, 15) is 4.39 Å². The third-order valence-corrected chi connectivity index (χ3v) is 6.15. The molecule has 3 nitrogen and oxygen atoms in total. The highest BCUT2D eigenvalue weighted by atomic mass is 35.5. The van der Waals surface area contributed by atoms with E-state index in [1.165, 1.54) is 28.2 Å². The van der Waals surface area contributed by atoms with Crippen molar-refractivity contribution in [1.82, 2.24) is 4.90 Å². The fraction of sp³-hybridized carbons (Fsp3) is 0.208. The van der Waals surface area contributed by atoms with Crippen LogP contribution < -0.4 is 10.2 Å². The van der Waals surface area contributed by atoms with E-state index >= 15 is 0 Å². The summed E-state index contributed by atoms with van der Waals surface area (Å²) in [5.41, 5.74) is 3.37. The van der Waals surface area contributed by atoms with Crippen LogP contribution in [0.3, 0.4) is 0 Å². The van der Waals surface area contributed by atoms with Gasteiger partial charge in [-0.2, -0.15) is 0 Å². The molecule has 0 radical (unpaired) electrons. The Balaban J connectivity index is 1.45. The van der Waals surface area contributed by atoms with Gasteiger partial charge in [0.05, 0.1) is 26.2 Å². The maximum Gasteiger partial charge on any atom is 0.173 e. The summed E-state index contributed by atoms with van der Waals surface area (Å²) >= 11 is 11.7. The lowest BCUT2D eigenvalue weighted by Gasteiger charge is -2.38. The topological polar surface area (TPSA) is 19.7 Å². The highest BCUT2D eigenvalue weighted by molar-refractivity contribution is 7.80. The Morgan fingerprint density at radius 3 is 2.13 bits per heavy atom. The number of halogens is 2. The Morgan fingerprint density at radius 2 is 1.50 bits per heavy atom. The Labute approximate surface area is 187 Å². The Hall–Kier alpha value is -2.47.